The van der Waals surface area contributed by atoms with Gasteiger partial charge in [0.2, 0.25) is 0 Å². The van der Waals surface area contributed by atoms with Gasteiger partial charge in [-0.3, -0.25) is 0 Å². The third kappa shape index (κ3) is 2.75. The molecule has 0 bridgehead atoms. The first-order valence-corrected chi connectivity index (χ1v) is 6.90. The summed E-state index contributed by atoms with van der Waals surface area (Å²) in [6.45, 7) is 4.07. The lowest BCUT2D eigenvalue weighted by molar-refractivity contribution is 0.600. The third-order valence-corrected chi connectivity index (χ3v) is 4.51. The number of aromatic nitrogens is 3. The molecule has 0 radical (unpaired) electrons. The molecule has 2 heterocycles. The van der Waals surface area contributed by atoms with Crippen molar-refractivity contribution in [2.75, 3.05) is 5.32 Å². The Bertz CT molecular complexity index is 515. The summed E-state index contributed by atoms with van der Waals surface area (Å²) in [6.07, 6.45) is 3.21. The fourth-order valence-corrected chi connectivity index (χ4v) is 2.47. The van der Waals surface area contributed by atoms with Crippen LogP contribution in [0.1, 0.15) is 18.9 Å². The van der Waals surface area contributed by atoms with E-state index in [9.17, 15) is 0 Å². The molecule has 0 aliphatic heterocycles. The van der Waals surface area contributed by atoms with Crippen molar-refractivity contribution in [1.29, 1.82) is 0 Å². The first-order chi connectivity index (χ1) is 8.00. The molecule has 7 heteroatoms. The predicted molar refractivity (Wildman–Crippen MR) is 73.5 cm³/mol. The van der Waals surface area contributed by atoms with E-state index in [1.165, 1.54) is 6.33 Å². The van der Waals surface area contributed by atoms with Gasteiger partial charge in [0, 0.05) is 11.6 Å². The molecule has 0 fully saturated rings. The Morgan fingerprint density at radius 3 is 2.76 bits per heavy atom. The summed E-state index contributed by atoms with van der Waals surface area (Å²) in [5.74, 6) is 0.658. The minimum absolute atomic E-state index is 0.311. The van der Waals surface area contributed by atoms with E-state index >= 15 is 0 Å². The normalized spacial score (nSPS) is 11.5. The van der Waals surface area contributed by atoms with Crippen LogP contribution in [0.15, 0.2) is 22.4 Å². The maximum absolute atomic E-state index is 5.92. The predicted octanol–water partition coefficient (Wildman–Crippen LogP) is 3.70. The van der Waals surface area contributed by atoms with E-state index in [0.29, 0.717) is 15.4 Å². The number of hydrogen-bond donors (Lipinski definition) is 1. The van der Waals surface area contributed by atoms with Crippen LogP contribution < -0.4 is 5.32 Å². The van der Waals surface area contributed by atoms with Gasteiger partial charge in [-0.05, 0) is 29.8 Å². The highest BCUT2D eigenvalue weighted by molar-refractivity contribution is 9.10. The molecular weight excluding hydrogens is 324 g/mol. The van der Waals surface area contributed by atoms with E-state index in [2.05, 4.69) is 36.2 Å². The van der Waals surface area contributed by atoms with Crippen LogP contribution in [0.3, 0.4) is 0 Å². The van der Waals surface area contributed by atoms with Gasteiger partial charge in [-0.15, -0.1) is 11.3 Å². The van der Waals surface area contributed by atoms with Crippen LogP contribution in [0.25, 0.3) is 0 Å². The van der Waals surface area contributed by atoms with Gasteiger partial charge >= 0.3 is 0 Å². The van der Waals surface area contributed by atoms with Crippen molar-refractivity contribution in [3.05, 3.63) is 32.5 Å². The molecule has 0 saturated carbocycles. The van der Waals surface area contributed by atoms with Crippen LogP contribution in [0.2, 0.25) is 5.15 Å². The maximum atomic E-state index is 5.92. The Hall–Kier alpha value is -0.720. The molecule has 0 saturated heterocycles. The Kier molecular flexibility index (Phi) is 3.65. The van der Waals surface area contributed by atoms with Crippen molar-refractivity contribution in [2.45, 2.75) is 19.4 Å². The maximum Gasteiger partial charge on any atom is 0.148 e. The lowest BCUT2D eigenvalue weighted by Crippen LogP contribution is -2.28. The zero-order valence-electron chi connectivity index (χ0n) is 9.24. The van der Waals surface area contributed by atoms with Crippen LogP contribution in [-0.2, 0) is 5.54 Å². The van der Waals surface area contributed by atoms with Crippen molar-refractivity contribution in [3.8, 4) is 0 Å². The van der Waals surface area contributed by atoms with Gasteiger partial charge in [0.15, 0.2) is 0 Å². The zero-order valence-corrected chi connectivity index (χ0v) is 12.4. The summed E-state index contributed by atoms with van der Waals surface area (Å²) in [6, 6.07) is 0. The molecular formula is C10H10BrClN4S. The summed E-state index contributed by atoms with van der Waals surface area (Å²) in [7, 11) is 0. The lowest BCUT2D eigenvalue weighted by Gasteiger charge is -2.25. The van der Waals surface area contributed by atoms with E-state index < -0.39 is 0 Å². The number of hydrogen-bond acceptors (Lipinski definition) is 5. The number of halogens is 2. The highest BCUT2D eigenvalue weighted by Crippen LogP contribution is 2.32. The van der Waals surface area contributed by atoms with E-state index in [0.717, 1.165) is 5.01 Å². The summed E-state index contributed by atoms with van der Waals surface area (Å²) >= 11 is 10.9. The number of nitrogens with one attached hydrogen (secondary N) is 1. The molecule has 0 aliphatic rings. The Morgan fingerprint density at radius 2 is 2.12 bits per heavy atom. The van der Waals surface area contributed by atoms with Gasteiger partial charge in [0.25, 0.3) is 0 Å². The number of rotatable bonds is 3. The summed E-state index contributed by atoms with van der Waals surface area (Å²) in [5.41, 5.74) is -0.311. The van der Waals surface area contributed by atoms with E-state index in [1.54, 1.807) is 17.5 Å². The Morgan fingerprint density at radius 1 is 1.35 bits per heavy atom. The summed E-state index contributed by atoms with van der Waals surface area (Å²) in [5, 5.41) is 6.61. The quantitative estimate of drug-likeness (QED) is 0.870. The van der Waals surface area contributed by atoms with Crippen molar-refractivity contribution in [3.63, 3.8) is 0 Å². The standard InChI is InChI=1S/C10H10BrClN4S/c1-10(2,9-13-3-4-17-9)16-8-6(11)7(12)14-5-15-8/h3-5H,1-2H3,(H,14,15,16). The smallest absolute Gasteiger partial charge is 0.148 e. The molecule has 0 unspecified atom stereocenters. The third-order valence-electron chi connectivity index (χ3n) is 2.14. The van der Waals surface area contributed by atoms with Gasteiger partial charge in [-0.25, -0.2) is 15.0 Å². The van der Waals surface area contributed by atoms with Crippen molar-refractivity contribution in [2.24, 2.45) is 0 Å². The highest BCUT2D eigenvalue weighted by Gasteiger charge is 2.24. The SMILES string of the molecule is CC(C)(Nc1ncnc(Cl)c1Br)c1nccs1. The first-order valence-electron chi connectivity index (χ1n) is 4.85. The minimum atomic E-state index is -0.311. The van der Waals surface area contributed by atoms with Gasteiger partial charge in [-0.2, -0.15) is 0 Å². The van der Waals surface area contributed by atoms with Gasteiger partial charge in [0.05, 0.1) is 10.0 Å². The number of nitrogens with zero attached hydrogens (tertiary/aromatic N) is 3. The van der Waals surface area contributed by atoms with Crippen LogP contribution in [0.4, 0.5) is 5.82 Å². The zero-order chi connectivity index (χ0) is 12.5. The second-order valence-electron chi connectivity index (χ2n) is 3.91. The lowest BCUT2D eigenvalue weighted by atomic mass is 10.1. The summed E-state index contributed by atoms with van der Waals surface area (Å²) < 4.78 is 0.659. The van der Waals surface area contributed by atoms with Gasteiger partial charge in [0.1, 0.15) is 22.3 Å². The van der Waals surface area contributed by atoms with Crippen LogP contribution in [0, 0.1) is 0 Å². The average Bonchev–Trinajstić information content (AvgIpc) is 2.78. The molecule has 17 heavy (non-hydrogen) atoms. The second-order valence-corrected chi connectivity index (χ2v) is 5.96. The molecule has 0 spiro atoms. The number of anilines is 1. The van der Waals surface area contributed by atoms with Gasteiger partial charge < -0.3 is 5.32 Å². The fourth-order valence-electron chi connectivity index (χ4n) is 1.32. The molecule has 0 amide bonds. The van der Waals surface area contributed by atoms with Crippen LogP contribution in [-0.4, -0.2) is 15.0 Å². The molecule has 90 valence electrons. The number of thiazole rings is 1. The minimum Gasteiger partial charge on any atom is -0.358 e. The van der Waals surface area contributed by atoms with Gasteiger partial charge in [-0.1, -0.05) is 11.6 Å². The van der Waals surface area contributed by atoms with Crippen molar-refractivity contribution in [1.82, 2.24) is 15.0 Å². The first kappa shape index (κ1) is 12.7. The topological polar surface area (TPSA) is 50.7 Å². The molecule has 2 aromatic heterocycles. The largest absolute Gasteiger partial charge is 0.358 e. The molecule has 0 aromatic carbocycles. The molecule has 1 N–H and O–H groups in total. The van der Waals surface area contributed by atoms with Crippen molar-refractivity contribution >= 4 is 44.7 Å². The molecule has 0 atom stereocenters. The average molecular weight is 334 g/mol. The Balaban J connectivity index is 2.29. The summed E-state index contributed by atoms with van der Waals surface area (Å²) in [4.78, 5) is 12.3. The molecule has 2 rings (SSSR count). The molecule has 4 nitrogen and oxygen atoms in total. The van der Waals surface area contributed by atoms with Crippen LogP contribution in [0.5, 0.6) is 0 Å². The Labute approximate surface area is 117 Å². The highest BCUT2D eigenvalue weighted by atomic mass is 79.9. The monoisotopic (exact) mass is 332 g/mol. The van der Waals surface area contributed by atoms with E-state index in [-0.39, 0.29) is 5.54 Å². The van der Waals surface area contributed by atoms with Crippen molar-refractivity contribution < 1.29 is 0 Å². The van der Waals surface area contributed by atoms with E-state index in [1.807, 2.05) is 19.2 Å². The fraction of sp³-hybridized carbons (Fsp3) is 0.300. The van der Waals surface area contributed by atoms with Crippen LogP contribution >= 0.6 is 38.9 Å². The second kappa shape index (κ2) is 4.88. The molecule has 2 aromatic rings. The molecule has 0 aliphatic carbocycles. The van der Waals surface area contributed by atoms with E-state index in [4.69, 9.17) is 11.6 Å².